The summed E-state index contributed by atoms with van der Waals surface area (Å²) in [5, 5.41) is 9.77. The van der Waals surface area contributed by atoms with Gasteiger partial charge in [0, 0.05) is 20.0 Å². The summed E-state index contributed by atoms with van der Waals surface area (Å²) in [5.41, 5.74) is 2.18. The average Bonchev–Trinajstić information content (AvgIpc) is 2.64. The van der Waals surface area contributed by atoms with E-state index in [1.807, 2.05) is 19.2 Å². The molecule has 116 valence electrons. The van der Waals surface area contributed by atoms with E-state index < -0.39 is 5.97 Å². The Kier molecular flexibility index (Phi) is 5.22. The predicted octanol–water partition coefficient (Wildman–Crippen LogP) is 4.24. The Hall–Kier alpha value is -1.13. The molecule has 1 aliphatic heterocycles. The van der Waals surface area contributed by atoms with E-state index >= 15 is 0 Å². The molecule has 2 rings (SSSR count). The maximum absolute atomic E-state index is 10.5. The van der Waals surface area contributed by atoms with Gasteiger partial charge in [-0.15, -0.1) is 0 Å². The fourth-order valence-electron chi connectivity index (χ4n) is 2.69. The van der Waals surface area contributed by atoms with E-state index in [1.165, 1.54) is 0 Å². The molecule has 0 saturated heterocycles. The number of aliphatic carboxylic acids is 1. The SMILES string of the molecule is CC1N(C)c2cc(Cl)c(Cl)cc2N1CCCCCC(=O)O. The first-order valence-electron chi connectivity index (χ1n) is 7.12. The van der Waals surface area contributed by atoms with Gasteiger partial charge in [-0.2, -0.15) is 0 Å². The minimum Gasteiger partial charge on any atom is -0.481 e. The Morgan fingerprint density at radius 1 is 1.19 bits per heavy atom. The number of carbonyl (C=O) groups is 1. The third kappa shape index (κ3) is 3.55. The van der Waals surface area contributed by atoms with Crippen molar-refractivity contribution in [3.8, 4) is 0 Å². The maximum Gasteiger partial charge on any atom is 0.303 e. The van der Waals surface area contributed by atoms with Crippen molar-refractivity contribution in [1.29, 1.82) is 0 Å². The highest BCUT2D eigenvalue weighted by molar-refractivity contribution is 6.42. The molecule has 0 spiro atoms. The Balaban J connectivity index is 2.01. The maximum atomic E-state index is 10.5. The molecule has 0 fully saturated rings. The second-order valence-corrected chi connectivity index (χ2v) is 6.21. The van der Waals surface area contributed by atoms with Gasteiger partial charge >= 0.3 is 5.97 Å². The van der Waals surface area contributed by atoms with Gasteiger partial charge < -0.3 is 14.9 Å². The number of carboxylic acid groups (broad SMARTS) is 1. The van der Waals surface area contributed by atoms with Gasteiger partial charge in [-0.05, 0) is 31.9 Å². The van der Waals surface area contributed by atoms with Crippen molar-refractivity contribution >= 4 is 40.5 Å². The summed E-state index contributed by atoms with van der Waals surface area (Å²) in [5.74, 6) is -0.726. The average molecular weight is 331 g/mol. The van der Waals surface area contributed by atoms with Gasteiger partial charge in [-0.25, -0.2) is 0 Å². The number of anilines is 2. The molecule has 0 amide bonds. The fraction of sp³-hybridized carbons (Fsp3) is 0.533. The van der Waals surface area contributed by atoms with Gasteiger partial charge in [-0.1, -0.05) is 29.6 Å². The smallest absolute Gasteiger partial charge is 0.303 e. The van der Waals surface area contributed by atoms with Crippen LogP contribution in [-0.2, 0) is 4.79 Å². The zero-order chi connectivity index (χ0) is 15.6. The molecule has 1 heterocycles. The lowest BCUT2D eigenvalue weighted by atomic mass is 10.2. The topological polar surface area (TPSA) is 43.8 Å². The second-order valence-electron chi connectivity index (χ2n) is 5.40. The summed E-state index contributed by atoms with van der Waals surface area (Å²) in [4.78, 5) is 15.0. The number of hydrogen-bond acceptors (Lipinski definition) is 3. The van der Waals surface area contributed by atoms with Gasteiger partial charge in [0.05, 0.1) is 27.6 Å². The summed E-state index contributed by atoms with van der Waals surface area (Å²) in [6.07, 6.45) is 3.09. The zero-order valence-electron chi connectivity index (χ0n) is 12.3. The monoisotopic (exact) mass is 330 g/mol. The van der Waals surface area contributed by atoms with Crippen LogP contribution in [-0.4, -0.2) is 30.8 Å². The number of unbranched alkanes of at least 4 members (excludes halogenated alkanes) is 2. The van der Waals surface area contributed by atoms with Crippen molar-refractivity contribution in [2.75, 3.05) is 23.4 Å². The molecule has 0 aromatic heterocycles. The molecule has 6 heteroatoms. The van der Waals surface area contributed by atoms with Gasteiger partial charge in [0.15, 0.2) is 0 Å². The van der Waals surface area contributed by atoms with Crippen molar-refractivity contribution in [2.45, 2.75) is 38.8 Å². The van der Waals surface area contributed by atoms with Gasteiger partial charge in [-0.3, -0.25) is 4.79 Å². The number of carboxylic acids is 1. The molecule has 1 aliphatic rings. The van der Waals surface area contributed by atoms with Crippen molar-refractivity contribution in [3.05, 3.63) is 22.2 Å². The van der Waals surface area contributed by atoms with Crippen LogP contribution < -0.4 is 9.80 Å². The van der Waals surface area contributed by atoms with Crippen molar-refractivity contribution < 1.29 is 9.90 Å². The van der Waals surface area contributed by atoms with E-state index in [0.29, 0.717) is 10.0 Å². The second kappa shape index (κ2) is 6.75. The van der Waals surface area contributed by atoms with Crippen molar-refractivity contribution in [3.63, 3.8) is 0 Å². The first-order chi connectivity index (χ1) is 9.91. The molecular weight excluding hydrogens is 311 g/mol. The largest absolute Gasteiger partial charge is 0.481 e. The quantitative estimate of drug-likeness (QED) is 0.792. The molecule has 1 aromatic rings. The van der Waals surface area contributed by atoms with Crippen LogP contribution in [0.4, 0.5) is 11.4 Å². The first kappa shape index (κ1) is 16.2. The van der Waals surface area contributed by atoms with Crippen LogP contribution >= 0.6 is 23.2 Å². The predicted molar refractivity (Wildman–Crippen MR) is 87.8 cm³/mol. The summed E-state index contributed by atoms with van der Waals surface area (Å²) < 4.78 is 0. The lowest BCUT2D eigenvalue weighted by Crippen LogP contribution is -2.39. The third-order valence-corrected chi connectivity index (χ3v) is 4.73. The van der Waals surface area contributed by atoms with E-state index in [0.717, 1.165) is 37.2 Å². The number of benzene rings is 1. The molecule has 0 bridgehead atoms. The summed E-state index contributed by atoms with van der Waals surface area (Å²) in [6, 6.07) is 3.82. The molecule has 1 aromatic carbocycles. The Morgan fingerprint density at radius 2 is 1.81 bits per heavy atom. The summed E-state index contributed by atoms with van der Waals surface area (Å²) >= 11 is 12.2. The molecule has 0 saturated carbocycles. The van der Waals surface area contributed by atoms with Crippen LogP contribution in [0.1, 0.15) is 32.6 Å². The molecular formula is C15H20Cl2N2O2. The van der Waals surface area contributed by atoms with Crippen molar-refractivity contribution in [2.24, 2.45) is 0 Å². The lowest BCUT2D eigenvalue weighted by molar-refractivity contribution is -0.137. The molecule has 1 unspecified atom stereocenters. The number of rotatable bonds is 6. The molecule has 0 radical (unpaired) electrons. The summed E-state index contributed by atoms with van der Waals surface area (Å²) in [6.45, 7) is 3.02. The lowest BCUT2D eigenvalue weighted by Gasteiger charge is -2.27. The van der Waals surface area contributed by atoms with Crippen LogP contribution in [0.5, 0.6) is 0 Å². The van der Waals surface area contributed by atoms with E-state index in [-0.39, 0.29) is 12.6 Å². The minimum atomic E-state index is -0.726. The van der Waals surface area contributed by atoms with Crippen molar-refractivity contribution in [1.82, 2.24) is 0 Å². The van der Waals surface area contributed by atoms with E-state index in [2.05, 4.69) is 16.7 Å². The highest BCUT2D eigenvalue weighted by Gasteiger charge is 2.30. The molecule has 0 aliphatic carbocycles. The van der Waals surface area contributed by atoms with Crippen LogP contribution in [0, 0.1) is 0 Å². The minimum absolute atomic E-state index is 0.244. The number of nitrogens with zero attached hydrogens (tertiary/aromatic N) is 2. The van der Waals surface area contributed by atoms with Crippen LogP contribution in [0.2, 0.25) is 10.0 Å². The van der Waals surface area contributed by atoms with Gasteiger partial charge in [0.25, 0.3) is 0 Å². The van der Waals surface area contributed by atoms with Crippen LogP contribution in [0.15, 0.2) is 12.1 Å². The molecule has 1 atom stereocenters. The Morgan fingerprint density at radius 3 is 2.43 bits per heavy atom. The number of fused-ring (bicyclic) bond motifs is 1. The number of halogens is 2. The first-order valence-corrected chi connectivity index (χ1v) is 7.87. The highest BCUT2D eigenvalue weighted by Crippen LogP contribution is 2.43. The standard InChI is InChI=1S/C15H20Cl2N2O2/c1-10-18(2)13-8-11(16)12(17)9-14(13)19(10)7-5-3-4-6-15(20)21/h8-10H,3-7H2,1-2H3,(H,20,21). The fourth-order valence-corrected chi connectivity index (χ4v) is 3.01. The molecule has 21 heavy (non-hydrogen) atoms. The molecule has 1 N–H and O–H groups in total. The van der Waals surface area contributed by atoms with E-state index in [1.54, 1.807) is 0 Å². The molecule has 4 nitrogen and oxygen atoms in total. The number of hydrogen-bond donors (Lipinski definition) is 1. The van der Waals surface area contributed by atoms with Gasteiger partial charge in [0.2, 0.25) is 0 Å². The van der Waals surface area contributed by atoms with Crippen LogP contribution in [0.3, 0.4) is 0 Å². The van der Waals surface area contributed by atoms with E-state index in [9.17, 15) is 4.79 Å². The Labute approximate surface area is 135 Å². The summed E-state index contributed by atoms with van der Waals surface area (Å²) in [7, 11) is 2.04. The van der Waals surface area contributed by atoms with Crippen LogP contribution in [0.25, 0.3) is 0 Å². The highest BCUT2D eigenvalue weighted by atomic mass is 35.5. The zero-order valence-corrected chi connectivity index (χ0v) is 13.8. The normalized spacial score (nSPS) is 17.2. The third-order valence-electron chi connectivity index (χ3n) is 4.01. The Bertz CT molecular complexity index is 537. The van der Waals surface area contributed by atoms with Gasteiger partial charge in [0.1, 0.15) is 0 Å². The van der Waals surface area contributed by atoms with E-state index in [4.69, 9.17) is 28.3 Å².